The Labute approximate surface area is 177 Å². The molecule has 3 aromatic carbocycles. The molecule has 0 fully saturated rings. The van der Waals surface area contributed by atoms with Crippen molar-refractivity contribution in [2.24, 2.45) is 0 Å². The van der Waals surface area contributed by atoms with E-state index >= 15 is 0 Å². The Hall–Kier alpha value is -3.67. The lowest BCUT2D eigenvalue weighted by Crippen LogP contribution is -2.22. The van der Waals surface area contributed by atoms with Gasteiger partial charge in [-0.2, -0.15) is 13.2 Å². The summed E-state index contributed by atoms with van der Waals surface area (Å²) in [7, 11) is 0. The first-order valence-electron chi connectivity index (χ1n) is 9.68. The Morgan fingerprint density at radius 1 is 0.871 bits per heavy atom. The van der Waals surface area contributed by atoms with Crippen LogP contribution in [0.15, 0.2) is 71.5 Å². The van der Waals surface area contributed by atoms with Crippen molar-refractivity contribution in [1.29, 1.82) is 0 Å². The normalized spacial score (nSPS) is 12.0. The summed E-state index contributed by atoms with van der Waals surface area (Å²) in [5.41, 5.74) is 2.56. The topological polar surface area (TPSA) is 34.9 Å². The van der Waals surface area contributed by atoms with Gasteiger partial charge in [0.1, 0.15) is 5.82 Å². The van der Waals surface area contributed by atoms with Crippen LogP contribution in [-0.4, -0.2) is 9.55 Å². The molecule has 4 rings (SSSR count). The molecule has 1 heterocycles. The van der Waals surface area contributed by atoms with Crippen molar-refractivity contribution in [3.63, 3.8) is 0 Å². The molecule has 0 atom stereocenters. The zero-order valence-electron chi connectivity index (χ0n) is 16.9. The Morgan fingerprint density at radius 2 is 1.58 bits per heavy atom. The zero-order chi connectivity index (χ0) is 22.2. The van der Waals surface area contributed by atoms with E-state index in [-0.39, 0.29) is 5.56 Å². The first-order chi connectivity index (χ1) is 14.7. The minimum atomic E-state index is -4.42. The molecule has 0 aliphatic heterocycles. The summed E-state index contributed by atoms with van der Waals surface area (Å²) in [6, 6.07) is 17.8. The predicted octanol–water partition coefficient (Wildman–Crippen LogP) is 6.19. The number of rotatable bonds is 3. The molecule has 31 heavy (non-hydrogen) atoms. The summed E-state index contributed by atoms with van der Waals surface area (Å²) < 4.78 is 40.6. The number of fused-ring (bicyclic) bond motifs is 1. The lowest BCUT2D eigenvalue weighted by molar-refractivity contribution is -0.137. The molecule has 0 saturated heterocycles. The van der Waals surface area contributed by atoms with Crippen LogP contribution in [0.3, 0.4) is 0 Å². The zero-order valence-corrected chi connectivity index (χ0v) is 16.9. The van der Waals surface area contributed by atoms with E-state index in [0.29, 0.717) is 28.0 Å². The third kappa shape index (κ3) is 4.28. The van der Waals surface area contributed by atoms with Crippen LogP contribution in [0.2, 0.25) is 0 Å². The Morgan fingerprint density at radius 3 is 2.29 bits per heavy atom. The van der Waals surface area contributed by atoms with Gasteiger partial charge in [0, 0.05) is 0 Å². The average Bonchev–Trinajstić information content (AvgIpc) is 2.71. The molecule has 6 heteroatoms. The number of alkyl halides is 3. The highest BCUT2D eigenvalue weighted by Gasteiger charge is 2.30. The maximum Gasteiger partial charge on any atom is 0.416 e. The minimum Gasteiger partial charge on any atom is -0.268 e. The molecule has 0 radical (unpaired) electrons. The SMILES string of the molecule is Cc1cc(C)cc(-n2c(C=Cc3cccc(C(F)(F)F)c3)nc3ccccc3c2=O)c1. The number of para-hydroxylation sites is 1. The number of halogens is 3. The van der Waals surface area contributed by atoms with Gasteiger partial charge in [-0.3, -0.25) is 9.36 Å². The molecule has 0 spiro atoms. The number of aromatic nitrogens is 2. The molecule has 0 saturated carbocycles. The fraction of sp³-hybridized carbons (Fsp3) is 0.120. The Balaban J connectivity index is 1.91. The van der Waals surface area contributed by atoms with E-state index in [9.17, 15) is 18.0 Å². The van der Waals surface area contributed by atoms with Gasteiger partial charge < -0.3 is 0 Å². The first-order valence-corrected chi connectivity index (χ1v) is 9.68. The monoisotopic (exact) mass is 420 g/mol. The predicted molar refractivity (Wildman–Crippen MR) is 117 cm³/mol. The van der Waals surface area contributed by atoms with Gasteiger partial charge in [-0.05, 0) is 73.0 Å². The maximum absolute atomic E-state index is 13.3. The second-order valence-corrected chi connectivity index (χ2v) is 7.43. The number of nitrogens with zero attached hydrogens (tertiary/aromatic N) is 2. The van der Waals surface area contributed by atoms with Gasteiger partial charge in [0.2, 0.25) is 0 Å². The highest BCUT2D eigenvalue weighted by atomic mass is 19.4. The number of benzene rings is 3. The van der Waals surface area contributed by atoms with Crippen molar-refractivity contribution < 1.29 is 13.2 Å². The van der Waals surface area contributed by atoms with Crippen LogP contribution in [0.4, 0.5) is 13.2 Å². The molecule has 0 unspecified atom stereocenters. The molecule has 0 aliphatic carbocycles. The van der Waals surface area contributed by atoms with Crippen molar-refractivity contribution in [2.75, 3.05) is 0 Å². The van der Waals surface area contributed by atoms with Crippen molar-refractivity contribution in [3.8, 4) is 5.69 Å². The smallest absolute Gasteiger partial charge is 0.268 e. The van der Waals surface area contributed by atoms with E-state index in [1.807, 2.05) is 32.0 Å². The van der Waals surface area contributed by atoms with E-state index < -0.39 is 11.7 Å². The molecular weight excluding hydrogens is 401 g/mol. The van der Waals surface area contributed by atoms with Crippen LogP contribution in [0.25, 0.3) is 28.7 Å². The molecular formula is C25H19F3N2O. The molecule has 3 nitrogen and oxygen atoms in total. The van der Waals surface area contributed by atoms with Crippen LogP contribution in [0, 0.1) is 13.8 Å². The first kappa shape index (κ1) is 20.6. The lowest BCUT2D eigenvalue weighted by atomic mass is 10.1. The highest BCUT2D eigenvalue weighted by molar-refractivity contribution is 5.80. The molecule has 156 valence electrons. The van der Waals surface area contributed by atoms with Gasteiger partial charge in [-0.25, -0.2) is 4.98 Å². The molecule has 0 amide bonds. The van der Waals surface area contributed by atoms with Crippen molar-refractivity contribution in [1.82, 2.24) is 9.55 Å². The molecule has 4 aromatic rings. The van der Waals surface area contributed by atoms with Crippen molar-refractivity contribution in [3.05, 3.63) is 105 Å². The van der Waals surface area contributed by atoms with Crippen molar-refractivity contribution >= 4 is 23.1 Å². The van der Waals surface area contributed by atoms with Crippen LogP contribution in [0.1, 0.15) is 28.1 Å². The van der Waals surface area contributed by atoms with E-state index in [2.05, 4.69) is 4.98 Å². The molecule has 0 bridgehead atoms. The number of hydrogen-bond acceptors (Lipinski definition) is 2. The Bertz CT molecular complexity index is 1350. The standard InChI is InChI=1S/C25H19F3N2O/c1-16-12-17(2)14-20(13-16)30-23(29-22-9-4-3-8-21(22)24(30)31)11-10-18-6-5-7-19(15-18)25(26,27)28/h3-15H,1-2H3. The van der Waals surface area contributed by atoms with Gasteiger partial charge in [0.25, 0.3) is 5.56 Å². The summed E-state index contributed by atoms with van der Waals surface area (Å²) in [6.45, 7) is 3.88. The second kappa shape index (κ2) is 7.87. The summed E-state index contributed by atoms with van der Waals surface area (Å²) in [5.74, 6) is 0.339. The number of hydrogen-bond donors (Lipinski definition) is 0. The van der Waals surface area contributed by atoms with Gasteiger partial charge in [-0.15, -0.1) is 0 Å². The van der Waals surface area contributed by atoms with Crippen LogP contribution in [0.5, 0.6) is 0 Å². The number of aryl methyl sites for hydroxylation is 2. The fourth-order valence-electron chi connectivity index (χ4n) is 3.58. The summed E-state index contributed by atoms with van der Waals surface area (Å²) in [5, 5.41) is 0.470. The van der Waals surface area contributed by atoms with E-state index in [4.69, 9.17) is 0 Å². The quantitative estimate of drug-likeness (QED) is 0.396. The largest absolute Gasteiger partial charge is 0.416 e. The molecule has 0 aliphatic rings. The second-order valence-electron chi connectivity index (χ2n) is 7.43. The van der Waals surface area contributed by atoms with Crippen LogP contribution < -0.4 is 5.56 Å². The lowest BCUT2D eigenvalue weighted by Gasteiger charge is -2.13. The van der Waals surface area contributed by atoms with Gasteiger partial charge >= 0.3 is 6.18 Å². The van der Waals surface area contributed by atoms with E-state index in [1.54, 1.807) is 36.4 Å². The van der Waals surface area contributed by atoms with Crippen LogP contribution in [-0.2, 0) is 6.18 Å². The third-order valence-electron chi connectivity index (χ3n) is 4.91. The van der Waals surface area contributed by atoms with Gasteiger partial charge in [0.05, 0.1) is 22.2 Å². The fourth-order valence-corrected chi connectivity index (χ4v) is 3.58. The van der Waals surface area contributed by atoms with E-state index in [0.717, 1.165) is 23.3 Å². The summed E-state index contributed by atoms with van der Waals surface area (Å²) >= 11 is 0. The maximum atomic E-state index is 13.3. The minimum absolute atomic E-state index is 0.237. The Kier molecular flexibility index (Phi) is 5.23. The van der Waals surface area contributed by atoms with E-state index in [1.165, 1.54) is 16.7 Å². The summed E-state index contributed by atoms with van der Waals surface area (Å²) in [4.78, 5) is 17.9. The third-order valence-corrected chi connectivity index (χ3v) is 4.91. The average molecular weight is 420 g/mol. The highest BCUT2D eigenvalue weighted by Crippen LogP contribution is 2.30. The summed E-state index contributed by atoms with van der Waals surface area (Å²) in [6.07, 6.45) is -1.32. The van der Waals surface area contributed by atoms with Crippen LogP contribution >= 0.6 is 0 Å². The molecule has 1 aromatic heterocycles. The molecule has 0 N–H and O–H groups in total. The van der Waals surface area contributed by atoms with Crippen molar-refractivity contribution in [2.45, 2.75) is 20.0 Å². The van der Waals surface area contributed by atoms with Gasteiger partial charge in [0.15, 0.2) is 0 Å². The van der Waals surface area contributed by atoms with Gasteiger partial charge in [-0.1, -0.05) is 36.4 Å².